The first-order chi connectivity index (χ1) is 9.76. The molecule has 7 nitrogen and oxygen atoms in total. The Hall–Kier alpha value is -2.54. The summed E-state index contributed by atoms with van der Waals surface area (Å²) in [5.74, 6) is 1.10. The van der Waals surface area contributed by atoms with E-state index in [2.05, 4.69) is 20.3 Å². The number of nitrogens with zero attached hydrogens (tertiary/aromatic N) is 5. The first-order valence-electron chi connectivity index (χ1n) is 6.36. The van der Waals surface area contributed by atoms with Gasteiger partial charge in [0.05, 0.1) is 11.2 Å². The summed E-state index contributed by atoms with van der Waals surface area (Å²) in [4.78, 5) is 8.79. The van der Waals surface area contributed by atoms with Crippen LogP contribution in [0.5, 0.6) is 0 Å². The van der Waals surface area contributed by atoms with Crippen LogP contribution < -0.4 is 11.5 Å². The molecule has 0 aliphatic rings. The summed E-state index contributed by atoms with van der Waals surface area (Å²) < 4.78 is 1.69. The van der Waals surface area contributed by atoms with Crippen molar-refractivity contribution in [1.29, 1.82) is 0 Å². The summed E-state index contributed by atoms with van der Waals surface area (Å²) in [7, 11) is 0. The topological polar surface area (TPSA) is 109 Å². The molecule has 102 valence electrons. The van der Waals surface area contributed by atoms with Gasteiger partial charge in [0.1, 0.15) is 12.4 Å². The van der Waals surface area contributed by atoms with Gasteiger partial charge in [-0.1, -0.05) is 17.3 Å². The second kappa shape index (κ2) is 5.22. The molecule has 0 bridgehead atoms. The summed E-state index contributed by atoms with van der Waals surface area (Å²) in [6, 6.07) is 7.66. The lowest BCUT2D eigenvalue weighted by Crippen LogP contribution is -2.07. The average Bonchev–Trinajstić information content (AvgIpc) is 2.87. The van der Waals surface area contributed by atoms with Crippen LogP contribution in [0.1, 0.15) is 11.5 Å². The first-order valence-corrected chi connectivity index (χ1v) is 6.36. The number of nitrogens with two attached hydrogens (primary N) is 2. The van der Waals surface area contributed by atoms with Crippen LogP contribution >= 0.6 is 0 Å². The summed E-state index contributed by atoms with van der Waals surface area (Å²) in [6.45, 7) is 0.991. The van der Waals surface area contributed by atoms with E-state index in [1.54, 1.807) is 4.68 Å². The van der Waals surface area contributed by atoms with E-state index in [1.165, 1.54) is 0 Å². The highest BCUT2D eigenvalue weighted by Crippen LogP contribution is 2.17. The third-order valence-electron chi connectivity index (χ3n) is 2.97. The second-order valence-corrected chi connectivity index (χ2v) is 4.49. The van der Waals surface area contributed by atoms with Crippen molar-refractivity contribution in [3.8, 4) is 0 Å². The molecular formula is C13H15N7. The van der Waals surface area contributed by atoms with Gasteiger partial charge in [-0.25, -0.2) is 14.6 Å². The Kier molecular flexibility index (Phi) is 3.26. The molecule has 4 N–H and O–H groups in total. The summed E-state index contributed by atoms with van der Waals surface area (Å²) in [5.41, 5.74) is 13.1. The Morgan fingerprint density at radius 3 is 2.85 bits per heavy atom. The average molecular weight is 269 g/mol. The lowest BCUT2D eigenvalue weighted by Gasteiger charge is -2.04. The van der Waals surface area contributed by atoms with Gasteiger partial charge in [0.25, 0.3) is 0 Å². The van der Waals surface area contributed by atoms with Crippen molar-refractivity contribution in [1.82, 2.24) is 25.0 Å². The number of hydrogen-bond donors (Lipinski definition) is 2. The minimum absolute atomic E-state index is 0.437. The highest BCUT2D eigenvalue weighted by atomic mass is 15.4. The van der Waals surface area contributed by atoms with Gasteiger partial charge in [-0.15, -0.1) is 5.10 Å². The molecule has 0 radical (unpaired) electrons. The third kappa shape index (κ3) is 2.43. The number of benzene rings is 1. The molecule has 0 spiro atoms. The van der Waals surface area contributed by atoms with Gasteiger partial charge >= 0.3 is 0 Å². The molecule has 2 aromatic heterocycles. The Bertz CT molecular complexity index is 734. The highest BCUT2D eigenvalue weighted by molar-refractivity contribution is 5.87. The van der Waals surface area contributed by atoms with Crippen LogP contribution in [-0.2, 0) is 13.0 Å². The van der Waals surface area contributed by atoms with Gasteiger partial charge in [0.15, 0.2) is 5.82 Å². The zero-order valence-corrected chi connectivity index (χ0v) is 10.9. The highest BCUT2D eigenvalue weighted by Gasteiger charge is 2.07. The number of aromatic nitrogens is 5. The van der Waals surface area contributed by atoms with E-state index in [9.17, 15) is 0 Å². The minimum atomic E-state index is 0.437. The molecule has 2 heterocycles. The molecule has 0 amide bonds. The molecule has 0 atom stereocenters. The standard InChI is InChI=1S/C13H15N7/c14-6-5-9-7-20(19-18-9)8-12-16-11-4-2-1-3-10(11)13(15)17-12/h1-4,7H,5-6,8,14H2,(H2,15,16,17). The maximum Gasteiger partial charge on any atom is 0.152 e. The van der Waals surface area contributed by atoms with Crippen molar-refractivity contribution in [2.24, 2.45) is 5.73 Å². The predicted octanol–water partition coefficient (Wildman–Crippen LogP) is 0.353. The van der Waals surface area contributed by atoms with Crippen molar-refractivity contribution in [2.45, 2.75) is 13.0 Å². The number of para-hydroxylation sites is 1. The van der Waals surface area contributed by atoms with E-state index in [0.29, 0.717) is 31.2 Å². The van der Waals surface area contributed by atoms with Crippen molar-refractivity contribution in [2.75, 3.05) is 12.3 Å². The fourth-order valence-corrected chi connectivity index (χ4v) is 2.04. The Morgan fingerprint density at radius 2 is 2.00 bits per heavy atom. The molecule has 7 heteroatoms. The number of nitrogen functional groups attached to an aromatic ring is 1. The molecule has 0 aliphatic carbocycles. The predicted molar refractivity (Wildman–Crippen MR) is 75.8 cm³/mol. The van der Waals surface area contributed by atoms with Gasteiger partial charge in [-0.3, -0.25) is 0 Å². The number of hydrogen-bond acceptors (Lipinski definition) is 6. The van der Waals surface area contributed by atoms with Gasteiger partial charge in [0, 0.05) is 18.0 Å². The first kappa shape index (κ1) is 12.5. The maximum absolute atomic E-state index is 5.95. The number of rotatable bonds is 4. The van der Waals surface area contributed by atoms with Gasteiger partial charge < -0.3 is 11.5 Å². The molecule has 0 unspecified atom stereocenters. The third-order valence-corrected chi connectivity index (χ3v) is 2.97. The number of fused-ring (bicyclic) bond motifs is 1. The van der Waals surface area contributed by atoms with E-state index in [-0.39, 0.29) is 0 Å². The molecule has 3 aromatic rings. The van der Waals surface area contributed by atoms with Crippen LogP contribution in [0.25, 0.3) is 10.9 Å². The monoisotopic (exact) mass is 269 g/mol. The fourth-order valence-electron chi connectivity index (χ4n) is 2.04. The van der Waals surface area contributed by atoms with Crippen molar-refractivity contribution in [3.63, 3.8) is 0 Å². The molecule has 0 aliphatic heterocycles. The van der Waals surface area contributed by atoms with Crippen LogP contribution in [0.2, 0.25) is 0 Å². The molecule has 0 saturated carbocycles. The zero-order chi connectivity index (χ0) is 13.9. The SMILES string of the molecule is NCCc1cn(Cc2nc(N)c3ccccc3n2)nn1. The lowest BCUT2D eigenvalue weighted by molar-refractivity contribution is 0.627. The summed E-state index contributed by atoms with van der Waals surface area (Å²) >= 11 is 0. The van der Waals surface area contributed by atoms with E-state index in [1.807, 2.05) is 30.5 Å². The zero-order valence-electron chi connectivity index (χ0n) is 10.9. The maximum atomic E-state index is 5.95. The summed E-state index contributed by atoms with van der Waals surface area (Å²) in [6.07, 6.45) is 2.56. The van der Waals surface area contributed by atoms with Crippen LogP contribution in [0, 0.1) is 0 Å². The summed E-state index contributed by atoms with van der Waals surface area (Å²) in [5, 5.41) is 8.92. The van der Waals surface area contributed by atoms with Crippen molar-refractivity contribution >= 4 is 16.7 Å². The molecule has 3 rings (SSSR count). The number of anilines is 1. The second-order valence-electron chi connectivity index (χ2n) is 4.49. The Labute approximate surface area is 115 Å². The molecule has 1 aromatic carbocycles. The van der Waals surface area contributed by atoms with Gasteiger partial charge in [-0.05, 0) is 18.7 Å². The lowest BCUT2D eigenvalue weighted by atomic mass is 10.2. The van der Waals surface area contributed by atoms with E-state index in [0.717, 1.165) is 16.6 Å². The Balaban J connectivity index is 1.90. The van der Waals surface area contributed by atoms with Crippen LogP contribution in [0.4, 0.5) is 5.82 Å². The minimum Gasteiger partial charge on any atom is -0.383 e. The Morgan fingerprint density at radius 1 is 1.15 bits per heavy atom. The van der Waals surface area contributed by atoms with Gasteiger partial charge in [0.2, 0.25) is 0 Å². The van der Waals surface area contributed by atoms with Crippen LogP contribution in [-0.4, -0.2) is 31.5 Å². The fraction of sp³-hybridized carbons (Fsp3) is 0.231. The van der Waals surface area contributed by atoms with Crippen molar-refractivity contribution in [3.05, 3.63) is 42.0 Å². The van der Waals surface area contributed by atoms with Crippen LogP contribution in [0.15, 0.2) is 30.5 Å². The largest absolute Gasteiger partial charge is 0.383 e. The quantitative estimate of drug-likeness (QED) is 0.707. The van der Waals surface area contributed by atoms with E-state index >= 15 is 0 Å². The van der Waals surface area contributed by atoms with Crippen molar-refractivity contribution < 1.29 is 0 Å². The molecule has 0 saturated heterocycles. The molecule has 0 fully saturated rings. The smallest absolute Gasteiger partial charge is 0.152 e. The normalized spacial score (nSPS) is 11.1. The van der Waals surface area contributed by atoms with E-state index < -0.39 is 0 Å². The van der Waals surface area contributed by atoms with E-state index in [4.69, 9.17) is 11.5 Å². The molecule has 20 heavy (non-hydrogen) atoms. The van der Waals surface area contributed by atoms with Gasteiger partial charge in [-0.2, -0.15) is 0 Å². The van der Waals surface area contributed by atoms with Crippen LogP contribution in [0.3, 0.4) is 0 Å². The molecular weight excluding hydrogens is 254 g/mol.